The molecule has 1 heterocycles. The number of rotatable bonds is 6. The fourth-order valence-electron chi connectivity index (χ4n) is 3.15. The third kappa shape index (κ3) is 5.20. The number of benzene rings is 2. The summed E-state index contributed by atoms with van der Waals surface area (Å²) in [7, 11) is 0. The number of alkyl halides is 3. The zero-order valence-corrected chi connectivity index (χ0v) is 15.7. The first-order valence-corrected chi connectivity index (χ1v) is 9.10. The van der Waals surface area contributed by atoms with E-state index < -0.39 is 30.0 Å². The monoisotopic (exact) mass is 423 g/mol. The zero-order chi connectivity index (χ0) is 21.9. The molecule has 160 valence electrons. The highest BCUT2D eigenvalue weighted by atomic mass is 19.4. The number of nitrogens with two attached hydrogens (primary N) is 2. The van der Waals surface area contributed by atoms with Gasteiger partial charge in [-0.05, 0) is 23.8 Å². The van der Waals surface area contributed by atoms with Crippen molar-refractivity contribution >= 4 is 11.8 Å². The molecule has 1 aliphatic rings. The van der Waals surface area contributed by atoms with E-state index in [4.69, 9.17) is 16.2 Å². The maximum Gasteiger partial charge on any atom is 0.573 e. The average molecular weight is 423 g/mol. The first-order chi connectivity index (χ1) is 14.1. The van der Waals surface area contributed by atoms with E-state index in [2.05, 4.69) is 10.1 Å². The van der Waals surface area contributed by atoms with Gasteiger partial charge in [0.15, 0.2) is 0 Å². The Morgan fingerprint density at radius 1 is 1.20 bits per heavy atom. The lowest BCUT2D eigenvalue weighted by atomic mass is 9.97. The van der Waals surface area contributed by atoms with E-state index >= 15 is 0 Å². The Labute approximate surface area is 170 Å². The SMILES string of the molecule is NC(=O)[C@H](Cc1ccc(OC(F)(F)F)cc1)NC(=O)c1cccc2c1OCCC2N. The van der Waals surface area contributed by atoms with Gasteiger partial charge in [-0.3, -0.25) is 9.59 Å². The van der Waals surface area contributed by atoms with Gasteiger partial charge in [-0.15, -0.1) is 13.2 Å². The molecule has 2 atom stereocenters. The van der Waals surface area contributed by atoms with Crippen molar-refractivity contribution in [2.24, 2.45) is 11.5 Å². The summed E-state index contributed by atoms with van der Waals surface area (Å²) < 4.78 is 46.2. The summed E-state index contributed by atoms with van der Waals surface area (Å²) in [6.45, 7) is 0.365. The minimum absolute atomic E-state index is 0.0111. The van der Waals surface area contributed by atoms with Gasteiger partial charge in [0.25, 0.3) is 5.91 Å². The van der Waals surface area contributed by atoms with Crippen LogP contribution >= 0.6 is 0 Å². The summed E-state index contributed by atoms with van der Waals surface area (Å²) in [5.41, 5.74) is 12.9. The largest absolute Gasteiger partial charge is 0.573 e. The maximum atomic E-state index is 12.8. The van der Waals surface area contributed by atoms with Crippen LogP contribution in [0.1, 0.15) is 33.9 Å². The number of fused-ring (bicyclic) bond motifs is 1. The molecule has 2 amide bonds. The summed E-state index contributed by atoms with van der Waals surface area (Å²) >= 11 is 0. The number of carbonyl (C=O) groups excluding carboxylic acids is 2. The molecule has 0 radical (unpaired) electrons. The minimum Gasteiger partial charge on any atom is -0.492 e. The molecule has 7 nitrogen and oxygen atoms in total. The van der Waals surface area contributed by atoms with E-state index in [1.54, 1.807) is 18.2 Å². The Morgan fingerprint density at radius 2 is 1.90 bits per heavy atom. The molecular weight excluding hydrogens is 403 g/mol. The van der Waals surface area contributed by atoms with E-state index in [0.717, 1.165) is 12.1 Å². The Morgan fingerprint density at radius 3 is 2.53 bits per heavy atom. The topological polar surface area (TPSA) is 117 Å². The van der Waals surface area contributed by atoms with Crippen LogP contribution in [0.3, 0.4) is 0 Å². The van der Waals surface area contributed by atoms with Crippen LogP contribution in [0.25, 0.3) is 0 Å². The van der Waals surface area contributed by atoms with Crippen molar-refractivity contribution in [1.82, 2.24) is 5.32 Å². The lowest BCUT2D eigenvalue weighted by molar-refractivity contribution is -0.274. The number of hydrogen-bond donors (Lipinski definition) is 3. The minimum atomic E-state index is -4.80. The summed E-state index contributed by atoms with van der Waals surface area (Å²) in [6.07, 6.45) is -4.19. The lowest BCUT2D eigenvalue weighted by Crippen LogP contribution is -2.46. The molecule has 0 aliphatic carbocycles. The molecule has 5 N–H and O–H groups in total. The molecule has 0 saturated heterocycles. The van der Waals surface area contributed by atoms with Crippen LogP contribution in [0.15, 0.2) is 42.5 Å². The van der Waals surface area contributed by atoms with Gasteiger partial charge in [0.1, 0.15) is 17.5 Å². The number of primary amides is 1. The summed E-state index contributed by atoms with van der Waals surface area (Å²) in [6, 6.07) is 8.59. The smallest absolute Gasteiger partial charge is 0.492 e. The molecular formula is C20H20F3N3O4. The Kier molecular flexibility index (Phi) is 6.16. The van der Waals surface area contributed by atoms with Gasteiger partial charge < -0.3 is 26.3 Å². The predicted molar refractivity (Wildman–Crippen MR) is 101 cm³/mol. The Balaban J connectivity index is 1.73. The van der Waals surface area contributed by atoms with E-state index in [1.807, 2.05) is 0 Å². The van der Waals surface area contributed by atoms with Crippen molar-refractivity contribution in [2.75, 3.05) is 6.61 Å². The highest BCUT2D eigenvalue weighted by molar-refractivity contribution is 6.00. The van der Waals surface area contributed by atoms with Crippen LogP contribution in [0.4, 0.5) is 13.2 Å². The summed E-state index contributed by atoms with van der Waals surface area (Å²) in [5, 5.41) is 2.55. The van der Waals surface area contributed by atoms with E-state index in [1.165, 1.54) is 12.1 Å². The molecule has 3 rings (SSSR count). The second kappa shape index (κ2) is 8.62. The zero-order valence-electron chi connectivity index (χ0n) is 15.7. The fraction of sp³-hybridized carbons (Fsp3) is 0.300. The quantitative estimate of drug-likeness (QED) is 0.659. The van der Waals surface area contributed by atoms with Crippen molar-refractivity contribution in [1.29, 1.82) is 0 Å². The van der Waals surface area contributed by atoms with Crippen LogP contribution in [-0.4, -0.2) is 30.8 Å². The van der Waals surface area contributed by atoms with Crippen molar-refractivity contribution in [2.45, 2.75) is 31.3 Å². The van der Waals surface area contributed by atoms with Gasteiger partial charge >= 0.3 is 6.36 Å². The Hall–Kier alpha value is -3.27. The van der Waals surface area contributed by atoms with Gasteiger partial charge in [-0.2, -0.15) is 0 Å². The van der Waals surface area contributed by atoms with E-state index in [0.29, 0.717) is 29.9 Å². The van der Waals surface area contributed by atoms with E-state index in [-0.39, 0.29) is 18.0 Å². The lowest BCUT2D eigenvalue weighted by Gasteiger charge is -2.25. The third-order valence-corrected chi connectivity index (χ3v) is 4.61. The average Bonchev–Trinajstić information content (AvgIpc) is 2.67. The molecule has 30 heavy (non-hydrogen) atoms. The van der Waals surface area contributed by atoms with Crippen molar-refractivity contribution in [3.05, 3.63) is 59.2 Å². The molecule has 2 aromatic rings. The number of halogens is 3. The molecule has 0 saturated carbocycles. The molecule has 0 fully saturated rings. The molecule has 0 bridgehead atoms. The van der Waals surface area contributed by atoms with Crippen LogP contribution in [0.5, 0.6) is 11.5 Å². The highest BCUT2D eigenvalue weighted by Gasteiger charge is 2.31. The number of hydrogen-bond acceptors (Lipinski definition) is 5. The second-order valence-electron chi connectivity index (χ2n) is 6.79. The molecule has 2 aromatic carbocycles. The van der Waals surface area contributed by atoms with Crippen LogP contribution < -0.4 is 26.3 Å². The molecule has 0 aromatic heterocycles. The van der Waals surface area contributed by atoms with Crippen LogP contribution in [0.2, 0.25) is 0 Å². The molecule has 0 spiro atoms. The van der Waals surface area contributed by atoms with Gasteiger partial charge in [0, 0.05) is 24.4 Å². The maximum absolute atomic E-state index is 12.8. The molecule has 1 unspecified atom stereocenters. The second-order valence-corrected chi connectivity index (χ2v) is 6.79. The normalized spacial score (nSPS) is 16.7. The standard InChI is InChI=1S/C20H20F3N3O4/c21-20(22,23)30-12-6-4-11(5-7-12)10-16(18(25)27)26-19(28)14-3-1-2-13-15(24)8-9-29-17(13)14/h1-7,15-16H,8-10,24H2,(H2,25,27)(H,26,28)/t15?,16-/m0/s1. The number of para-hydroxylation sites is 1. The number of nitrogens with one attached hydrogen (secondary N) is 1. The van der Waals surface area contributed by atoms with Gasteiger partial charge in [-0.1, -0.05) is 24.3 Å². The molecule has 10 heteroatoms. The van der Waals surface area contributed by atoms with Gasteiger partial charge in [0.2, 0.25) is 5.91 Å². The van der Waals surface area contributed by atoms with Gasteiger partial charge in [0.05, 0.1) is 12.2 Å². The molecule has 1 aliphatic heterocycles. The first kappa shape index (κ1) is 21.4. The predicted octanol–water partition coefficient (Wildman–Crippen LogP) is 2.19. The fourth-order valence-corrected chi connectivity index (χ4v) is 3.15. The van der Waals surface area contributed by atoms with Gasteiger partial charge in [-0.25, -0.2) is 0 Å². The van der Waals surface area contributed by atoms with Crippen LogP contribution in [0, 0.1) is 0 Å². The van der Waals surface area contributed by atoms with Crippen molar-refractivity contribution in [3.63, 3.8) is 0 Å². The number of amides is 2. The van der Waals surface area contributed by atoms with Crippen molar-refractivity contribution in [3.8, 4) is 11.5 Å². The summed E-state index contributed by atoms with van der Waals surface area (Å²) in [5.74, 6) is -1.39. The summed E-state index contributed by atoms with van der Waals surface area (Å²) in [4.78, 5) is 24.6. The van der Waals surface area contributed by atoms with Crippen LogP contribution in [-0.2, 0) is 11.2 Å². The highest BCUT2D eigenvalue weighted by Crippen LogP contribution is 2.33. The van der Waals surface area contributed by atoms with E-state index in [9.17, 15) is 22.8 Å². The third-order valence-electron chi connectivity index (χ3n) is 4.61. The number of ether oxygens (including phenoxy) is 2. The first-order valence-electron chi connectivity index (χ1n) is 9.10. The van der Waals surface area contributed by atoms with Crippen molar-refractivity contribution < 1.29 is 32.2 Å². The number of carbonyl (C=O) groups is 2. The Bertz CT molecular complexity index is 932.